The molecular formula is C20H27N5O2S. The van der Waals surface area contributed by atoms with E-state index in [0.717, 1.165) is 62.2 Å². The van der Waals surface area contributed by atoms with Gasteiger partial charge in [0.2, 0.25) is 0 Å². The number of ether oxygens (including phenoxy) is 1. The molecule has 2 fully saturated rings. The van der Waals surface area contributed by atoms with Crippen molar-refractivity contribution in [2.75, 3.05) is 50.9 Å². The van der Waals surface area contributed by atoms with Gasteiger partial charge in [0, 0.05) is 39.3 Å². The van der Waals surface area contributed by atoms with Crippen LogP contribution in [0.1, 0.15) is 12.8 Å². The molecule has 2 aromatic rings. The molecule has 0 aliphatic carbocycles. The van der Waals surface area contributed by atoms with Gasteiger partial charge in [-0.15, -0.1) is 11.8 Å². The topological polar surface area (TPSA) is 62.6 Å². The molecule has 2 amide bonds. The molecule has 1 N–H and O–H groups in total. The number of nitrogens with zero attached hydrogens (tertiary/aromatic N) is 4. The summed E-state index contributed by atoms with van der Waals surface area (Å²) in [6.45, 7) is 5.10. The zero-order chi connectivity index (χ0) is 19.3. The van der Waals surface area contributed by atoms with E-state index in [1.807, 2.05) is 41.5 Å². The van der Waals surface area contributed by atoms with Crippen LogP contribution < -0.4 is 5.32 Å². The van der Waals surface area contributed by atoms with Crippen molar-refractivity contribution < 1.29 is 9.53 Å². The van der Waals surface area contributed by atoms with Crippen LogP contribution in [0, 0.1) is 0 Å². The number of aromatic nitrogens is 2. The Morgan fingerprint density at radius 2 is 2.04 bits per heavy atom. The monoisotopic (exact) mass is 401 g/mol. The highest BCUT2D eigenvalue weighted by Gasteiger charge is 2.26. The van der Waals surface area contributed by atoms with Crippen molar-refractivity contribution in [2.45, 2.75) is 23.8 Å². The van der Waals surface area contributed by atoms with Gasteiger partial charge in [-0.3, -0.25) is 10.2 Å². The summed E-state index contributed by atoms with van der Waals surface area (Å²) in [5.74, 6) is 0.727. The van der Waals surface area contributed by atoms with Gasteiger partial charge in [-0.25, -0.2) is 9.48 Å². The molecule has 150 valence electrons. The number of benzene rings is 1. The van der Waals surface area contributed by atoms with Crippen molar-refractivity contribution in [2.24, 2.45) is 0 Å². The molecule has 1 unspecified atom stereocenters. The van der Waals surface area contributed by atoms with Gasteiger partial charge in [0.25, 0.3) is 0 Å². The Morgan fingerprint density at radius 3 is 2.71 bits per heavy atom. The first kappa shape index (κ1) is 19.3. The summed E-state index contributed by atoms with van der Waals surface area (Å²) in [7, 11) is 0. The molecule has 2 aliphatic rings. The van der Waals surface area contributed by atoms with Crippen molar-refractivity contribution in [3.63, 3.8) is 0 Å². The third-order valence-electron chi connectivity index (χ3n) is 5.33. The molecule has 2 saturated heterocycles. The van der Waals surface area contributed by atoms with Crippen LogP contribution in [0.3, 0.4) is 0 Å². The number of hydrogen-bond donors (Lipinski definition) is 1. The van der Waals surface area contributed by atoms with Crippen LogP contribution in [0.15, 0.2) is 41.4 Å². The minimum absolute atomic E-state index is 0.0650. The Labute approximate surface area is 170 Å². The summed E-state index contributed by atoms with van der Waals surface area (Å²) in [5, 5.41) is 7.55. The van der Waals surface area contributed by atoms with Crippen molar-refractivity contribution in [1.82, 2.24) is 19.6 Å². The van der Waals surface area contributed by atoms with Gasteiger partial charge < -0.3 is 9.64 Å². The Balaban J connectivity index is 1.38. The Bertz CT molecular complexity index is 783. The third-order valence-corrected chi connectivity index (χ3v) is 6.07. The van der Waals surface area contributed by atoms with E-state index >= 15 is 0 Å². The summed E-state index contributed by atoms with van der Waals surface area (Å²) < 4.78 is 7.52. The first-order chi connectivity index (χ1) is 13.7. The van der Waals surface area contributed by atoms with Gasteiger partial charge in [-0.1, -0.05) is 18.2 Å². The van der Waals surface area contributed by atoms with Gasteiger partial charge in [-0.05, 0) is 31.2 Å². The smallest absolute Gasteiger partial charge is 0.323 e. The van der Waals surface area contributed by atoms with E-state index in [1.165, 1.54) is 6.42 Å². The molecule has 1 aromatic carbocycles. The molecule has 7 nitrogen and oxygen atoms in total. The van der Waals surface area contributed by atoms with E-state index in [-0.39, 0.29) is 6.03 Å². The Kier molecular flexibility index (Phi) is 6.19. The van der Waals surface area contributed by atoms with Crippen LogP contribution in [0.25, 0.3) is 5.69 Å². The summed E-state index contributed by atoms with van der Waals surface area (Å²) in [6.07, 6.45) is 6.48. The van der Waals surface area contributed by atoms with E-state index in [1.54, 1.807) is 22.6 Å². The molecule has 1 atom stereocenters. The normalized spacial score (nSPS) is 20.5. The standard InChI is InChI=1S/C20H27N5O2S/c1-28-18-14-21-25(16-6-3-2-4-7-16)19(18)22-20(26)24-11-9-23(10-12-24)15-17-8-5-13-27-17/h2-4,6-7,14,17H,5,8-13,15H2,1H3,(H,22,26). The highest BCUT2D eigenvalue weighted by atomic mass is 32.2. The molecule has 3 heterocycles. The number of amides is 2. The number of carbonyl (C=O) groups excluding carboxylic acids is 1. The predicted molar refractivity (Wildman–Crippen MR) is 111 cm³/mol. The average Bonchev–Trinajstić information content (AvgIpc) is 3.39. The maximum Gasteiger partial charge on any atom is 0.323 e. The number of para-hydroxylation sites is 1. The van der Waals surface area contributed by atoms with Gasteiger partial charge in [0.1, 0.15) is 0 Å². The fraction of sp³-hybridized carbons (Fsp3) is 0.500. The minimum Gasteiger partial charge on any atom is -0.377 e. The molecule has 0 saturated carbocycles. The average molecular weight is 402 g/mol. The van der Waals surface area contributed by atoms with E-state index in [4.69, 9.17) is 4.74 Å². The number of hydrogen-bond acceptors (Lipinski definition) is 5. The van der Waals surface area contributed by atoms with Gasteiger partial charge in [0.05, 0.1) is 22.9 Å². The van der Waals surface area contributed by atoms with Crippen molar-refractivity contribution in [3.8, 4) is 5.69 Å². The van der Waals surface area contributed by atoms with Crippen molar-refractivity contribution in [1.29, 1.82) is 0 Å². The number of piperazine rings is 1. The number of rotatable bonds is 5. The number of anilines is 1. The second-order valence-corrected chi connectivity index (χ2v) is 8.01. The molecule has 0 spiro atoms. The number of thioether (sulfide) groups is 1. The number of carbonyl (C=O) groups is 1. The highest BCUT2D eigenvalue weighted by molar-refractivity contribution is 7.98. The summed E-state index contributed by atoms with van der Waals surface area (Å²) >= 11 is 1.58. The molecule has 2 aliphatic heterocycles. The molecule has 28 heavy (non-hydrogen) atoms. The third kappa shape index (κ3) is 4.34. The molecular weight excluding hydrogens is 374 g/mol. The SMILES string of the molecule is CSc1cnn(-c2ccccc2)c1NC(=O)N1CCN(CC2CCCO2)CC1. The van der Waals surface area contributed by atoms with Crippen molar-refractivity contribution in [3.05, 3.63) is 36.5 Å². The second kappa shape index (κ2) is 8.98. The molecule has 0 bridgehead atoms. The van der Waals surface area contributed by atoms with Crippen LogP contribution >= 0.6 is 11.8 Å². The lowest BCUT2D eigenvalue weighted by Crippen LogP contribution is -2.51. The van der Waals surface area contributed by atoms with Crippen LogP contribution in [-0.2, 0) is 4.74 Å². The minimum atomic E-state index is -0.0650. The van der Waals surface area contributed by atoms with Crippen LogP contribution in [0.2, 0.25) is 0 Å². The molecule has 4 rings (SSSR count). The number of urea groups is 1. The summed E-state index contributed by atoms with van der Waals surface area (Å²) in [5.41, 5.74) is 0.930. The Morgan fingerprint density at radius 1 is 1.25 bits per heavy atom. The van der Waals surface area contributed by atoms with Crippen molar-refractivity contribution >= 4 is 23.6 Å². The Hall–Kier alpha value is -2.03. The summed E-state index contributed by atoms with van der Waals surface area (Å²) in [4.78, 5) is 18.1. The molecule has 8 heteroatoms. The predicted octanol–water partition coefficient (Wildman–Crippen LogP) is 2.92. The van der Waals surface area contributed by atoms with E-state index in [0.29, 0.717) is 6.10 Å². The van der Waals surface area contributed by atoms with Crippen LogP contribution in [-0.4, -0.2) is 77.3 Å². The molecule has 0 radical (unpaired) electrons. The van der Waals surface area contributed by atoms with Gasteiger partial charge in [-0.2, -0.15) is 5.10 Å². The summed E-state index contributed by atoms with van der Waals surface area (Å²) in [6, 6.07) is 9.80. The fourth-order valence-electron chi connectivity index (χ4n) is 3.75. The second-order valence-electron chi connectivity index (χ2n) is 7.16. The van der Waals surface area contributed by atoms with E-state index in [2.05, 4.69) is 15.3 Å². The highest BCUT2D eigenvalue weighted by Crippen LogP contribution is 2.28. The largest absolute Gasteiger partial charge is 0.377 e. The quantitative estimate of drug-likeness (QED) is 0.781. The van der Waals surface area contributed by atoms with E-state index in [9.17, 15) is 4.79 Å². The zero-order valence-corrected chi connectivity index (χ0v) is 17.0. The first-order valence-corrected chi connectivity index (χ1v) is 11.0. The first-order valence-electron chi connectivity index (χ1n) is 9.82. The van der Waals surface area contributed by atoms with Crippen LogP contribution in [0.4, 0.5) is 10.6 Å². The fourth-order valence-corrected chi connectivity index (χ4v) is 4.24. The van der Waals surface area contributed by atoms with Crippen LogP contribution in [0.5, 0.6) is 0 Å². The zero-order valence-electron chi connectivity index (χ0n) is 16.2. The van der Waals surface area contributed by atoms with Gasteiger partial charge >= 0.3 is 6.03 Å². The maximum atomic E-state index is 12.9. The lowest BCUT2D eigenvalue weighted by molar-refractivity contribution is 0.0571. The van der Waals surface area contributed by atoms with Gasteiger partial charge in [0.15, 0.2) is 5.82 Å². The molecule has 1 aromatic heterocycles. The lowest BCUT2D eigenvalue weighted by Gasteiger charge is -2.35. The van der Waals surface area contributed by atoms with E-state index < -0.39 is 0 Å². The maximum absolute atomic E-state index is 12.9. The number of nitrogens with one attached hydrogen (secondary N) is 1. The lowest BCUT2D eigenvalue weighted by atomic mass is 10.2.